The first-order valence-electron chi connectivity index (χ1n) is 4.75. The van der Waals surface area contributed by atoms with Crippen LogP contribution in [0.1, 0.15) is 11.3 Å². The Labute approximate surface area is 93.2 Å². The fraction of sp³-hybridized carbons (Fsp3) is 0.0833. The van der Waals surface area contributed by atoms with Gasteiger partial charge in [0.2, 0.25) is 5.88 Å². The molecule has 0 aliphatic heterocycles. The number of nitrogens with zero attached hydrogens (tertiary/aromatic N) is 3. The van der Waals surface area contributed by atoms with Crippen molar-refractivity contribution in [2.45, 2.75) is 6.92 Å². The van der Waals surface area contributed by atoms with E-state index >= 15 is 0 Å². The quantitative estimate of drug-likeness (QED) is 0.765. The van der Waals surface area contributed by atoms with E-state index in [9.17, 15) is 0 Å². The van der Waals surface area contributed by atoms with E-state index in [2.05, 4.69) is 16.0 Å². The lowest BCUT2D eigenvalue weighted by atomic mass is 10.2. The van der Waals surface area contributed by atoms with E-state index < -0.39 is 0 Å². The highest BCUT2D eigenvalue weighted by Crippen LogP contribution is 2.22. The van der Waals surface area contributed by atoms with Crippen molar-refractivity contribution < 1.29 is 4.74 Å². The monoisotopic (exact) mass is 211 g/mol. The molecule has 2 rings (SSSR count). The first-order chi connectivity index (χ1) is 7.79. The highest BCUT2D eigenvalue weighted by atomic mass is 16.5. The van der Waals surface area contributed by atoms with E-state index in [0.29, 0.717) is 17.2 Å². The summed E-state index contributed by atoms with van der Waals surface area (Å²) in [5.74, 6) is 0.943. The molecular weight excluding hydrogens is 202 g/mol. The van der Waals surface area contributed by atoms with Gasteiger partial charge in [-0.3, -0.25) is 0 Å². The van der Waals surface area contributed by atoms with Gasteiger partial charge in [-0.25, -0.2) is 9.97 Å². The highest BCUT2D eigenvalue weighted by molar-refractivity contribution is 5.44. The Morgan fingerprint density at radius 1 is 1.25 bits per heavy atom. The molecule has 0 atom stereocenters. The van der Waals surface area contributed by atoms with Gasteiger partial charge in [-0.05, 0) is 19.1 Å². The van der Waals surface area contributed by atoms with E-state index in [1.807, 2.05) is 13.0 Å². The third kappa shape index (κ3) is 2.15. The van der Waals surface area contributed by atoms with Crippen molar-refractivity contribution in [2.75, 3.05) is 0 Å². The van der Waals surface area contributed by atoms with Crippen LogP contribution < -0.4 is 4.74 Å². The van der Waals surface area contributed by atoms with Gasteiger partial charge in [0.15, 0.2) is 0 Å². The molecule has 0 spiro atoms. The van der Waals surface area contributed by atoms with Gasteiger partial charge in [-0.2, -0.15) is 5.26 Å². The van der Waals surface area contributed by atoms with Crippen LogP contribution in [-0.2, 0) is 0 Å². The van der Waals surface area contributed by atoms with Gasteiger partial charge in [0.1, 0.15) is 18.1 Å². The van der Waals surface area contributed by atoms with Crippen LogP contribution in [0.25, 0.3) is 0 Å². The molecule has 0 amide bonds. The number of hydrogen-bond acceptors (Lipinski definition) is 4. The second kappa shape index (κ2) is 4.41. The zero-order chi connectivity index (χ0) is 11.4. The van der Waals surface area contributed by atoms with Crippen molar-refractivity contribution in [1.29, 1.82) is 5.26 Å². The summed E-state index contributed by atoms with van der Waals surface area (Å²) in [5, 5.41) is 8.89. The number of hydrogen-bond donors (Lipinski definition) is 0. The molecule has 4 heteroatoms. The van der Waals surface area contributed by atoms with Gasteiger partial charge >= 0.3 is 0 Å². The lowest BCUT2D eigenvalue weighted by Crippen LogP contribution is -1.92. The molecule has 0 saturated carbocycles. The zero-order valence-corrected chi connectivity index (χ0v) is 8.71. The number of ether oxygens (including phenoxy) is 1. The van der Waals surface area contributed by atoms with Gasteiger partial charge in [0.05, 0.1) is 5.56 Å². The number of nitriles is 1. The summed E-state index contributed by atoms with van der Waals surface area (Å²) >= 11 is 0. The first-order valence-corrected chi connectivity index (χ1v) is 4.75. The van der Waals surface area contributed by atoms with E-state index in [-0.39, 0.29) is 0 Å². The second-order valence-corrected chi connectivity index (χ2v) is 3.21. The summed E-state index contributed by atoms with van der Waals surface area (Å²) in [7, 11) is 0. The van der Waals surface area contributed by atoms with Crippen molar-refractivity contribution in [2.24, 2.45) is 0 Å². The molecule has 2 aromatic rings. The minimum absolute atomic E-state index is 0.440. The molecule has 0 aliphatic rings. The molecule has 0 fully saturated rings. The van der Waals surface area contributed by atoms with Gasteiger partial charge in [0, 0.05) is 11.8 Å². The maximum atomic E-state index is 8.89. The van der Waals surface area contributed by atoms with Crippen LogP contribution in [0.4, 0.5) is 0 Å². The predicted molar refractivity (Wildman–Crippen MR) is 58.0 cm³/mol. The first kappa shape index (κ1) is 10.1. The summed E-state index contributed by atoms with van der Waals surface area (Å²) in [4.78, 5) is 7.94. The van der Waals surface area contributed by atoms with Crippen LogP contribution >= 0.6 is 0 Å². The molecule has 4 nitrogen and oxygen atoms in total. The summed E-state index contributed by atoms with van der Waals surface area (Å²) in [6.45, 7) is 1.85. The SMILES string of the molecule is Cc1cc(Oc2ccccc2C#N)ncn1. The minimum atomic E-state index is 0.440. The molecule has 1 aromatic heterocycles. The molecule has 0 bridgehead atoms. The standard InChI is InChI=1S/C12H9N3O/c1-9-6-12(15-8-14-9)16-11-5-3-2-4-10(11)7-13/h2-6,8H,1H3. The van der Waals surface area contributed by atoms with Crippen molar-refractivity contribution in [1.82, 2.24) is 9.97 Å². The van der Waals surface area contributed by atoms with Crippen LogP contribution in [0.3, 0.4) is 0 Å². The van der Waals surface area contributed by atoms with Gasteiger partial charge in [-0.15, -0.1) is 0 Å². The predicted octanol–water partition coefficient (Wildman–Crippen LogP) is 2.45. The van der Waals surface area contributed by atoms with Gasteiger partial charge in [-0.1, -0.05) is 12.1 Å². The molecular formula is C12H9N3O. The maximum Gasteiger partial charge on any atom is 0.222 e. The summed E-state index contributed by atoms with van der Waals surface area (Å²) in [5.41, 5.74) is 1.30. The number of para-hydroxylation sites is 1. The normalized spacial score (nSPS) is 9.50. The third-order valence-corrected chi connectivity index (χ3v) is 2.00. The number of aryl methyl sites for hydroxylation is 1. The largest absolute Gasteiger partial charge is 0.438 e. The Morgan fingerprint density at radius 2 is 2.06 bits per heavy atom. The van der Waals surface area contributed by atoms with Crippen LogP contribution in [0.2, 0.25) is 0 Å². The molecule has 0 aliphatic carbocycles. The Bertz CT molecular complexity index is 546. The van der Waals surface area contributed by atoms with Crippen LogP contribution in [0, 0.1) is 18.3 Å². The number of aromatic nitrogens is 2. The molecule has 1 aromatic carbocycles. The lowest BCUT2D eigenvalue weighted by molar-refractivity contribution is 0.459. The Kier molecular flexibility index (Phi) is 2.79. The van der Waals surface area contributed by atoms with Gasteiger partial charge in [0.25, 0.3) is 0 Å². The maximum absolute atomic E-state index is 8.89. The topological polar surface area (TPSA) is 58.8 Å². The smallest absolute Gasteiger partial charge is 0.222 e. The van der Waals surface area contributed by atoms with E-state index in [0.717, 1.165) is 5.69 Å². The Hall–Kier alpha value is -2.41. The van der Waals surface area contributed by atoms with E-state index in [1.165, 1.54) is 6.33 Å². The molecule has 78 valence electrons. The van der Waals surface area contributed by atoms with E-state index in [4.69, 9.17) is 10.00 Å². The molecule has 0 radical (unpaired) electrons. The number of rotatable bonds is 2. The third-order valence-electron chi connectivity index (χ3n) is 2.00. The molecule has 16 heavy (non-hydrogen) atoms. The fourth-order valence-corrected chi connectivity index (χ4v) is 1.25. The fourth-order valence-electron chi connectivity index (χ4n) is 1.25. The molecule has 1 heterocycles. The second-order valence-electron chi connectivity index (χ2n) is 3.21. The lowest BCUT2D eigenvalue weighted by Gasteiger charge is -2.05. The van der Waals surface area contributed by atoms with Crippen LogP contribution in [0.15, 0.2) is 36.7 Å². The van der Waals surface area contributed by atoms with E-state index in [1.54, 1.807) is 24.3 Å². The van der Waals surface area contributed by atoms with Crippen LogP contribution in [0.5, 0.6) is 11.6 Å². The summed E-state index contributed by atoms with van der Waals surface area (Å²) in [6.07, 6.45) is 1.43. The Balaban J connectivity index is 2.31. The number of benzene rings is 1. The average Bonchev–Trinajstić information content (AvgIpc) is 2.30. The van der Waals surface area contributed by atoms with Crippen LogP contribution in [-0.4, -0.2) is 9.97 Å². The summed E-state index contributed by atoms with van der Waals surface area (Å²) < 4.78 is 5.51. The van der Waals surface area contributed by atoms with Crippen molar-refractivity contribution in [3.8, 4) is 17.7 Å². The molecule has 0 N–H and O–H groups in total. The minimum Gasteiger partial charge on any atom is -0.438 e. The summed E-state index contributed by atoms with van der Waals surface area (Å²) in [6, 6.07) is 10.8. The van der Waals surface area contributed by atoms with Crippen molar-refractivity contribution >= 4 is 0 Å². The van der Waals surface area contributed by atoms with Gasteiger partial charge < -0.3 is 4.74 Å². The van der Waals surface area contributed by atoms with Crippen molar-refractivity contribution in [3.05, 3.63) is 47.9 Å². The average molecular weight is 211 g/mol. The Morgan fingerprint density at radius 3 is 2.81 bits per heavy atom. The zero-order valence-electron chi connectivity index (χ0n) is 8.71. The van der Waals surface area contributed by atoms with Crippen molar-refractivity contribution in [3.63, 3.8) is 0 Å². The molecule has 0 unspecified atom stereocenters. The highest BCUT2D eigenvalue weighted by Gasteiger charge is 2.04. The molecule has 0 saturated heterocycles.